The molecule has 1 aliphatic heterocycles. The molecule has 0 radical (unpaired) electrons. The maximum atomic E-state index is 11.4. The number of benzene rings is 1. The van der Waals surface area contributed by atoms with Crippen LogP contribution in [0.4, 0.5) is 5.69 Å². The zero-order chi connectivity index (χ0) is 14.2. The van der Waals surface area contributed by atoms with Gasteiger partial charge in [0.15, 0.2) is 9.84 Å². The molecule has 1 N–H and O–H groups in total. The Morgan fingerprint density at radius 2 is 1.89 bits per heavy atom. The Morgan fingerprint density at radius 3 is 2.32 bits per heavy atom. The second kappa shape index (κ2) is 4.85. The van der Waals surface area contributed by atoms with Gasteiger partial charge in [-0.2, -0.15) is 0 Å². The number of sulfone groups is 1. The molecule has 0 spiro atoms. The molecule has 2 unspecified atom stereocenters. The van der Waals surface area contributed by atoms with Crippen molar-refractivity contribution < 1.29 is 18.3 Å². The third-order valence-corrected chi connectivity index (χ3v) is 4.80. The van der Waals surface area contributed by atoms with Crippen LogP contribution in [0.25, 0.3) is 0 Å². The molecule has 0 aliphatic carbocycles. The highest BCUT2D eigenvalue weighted by molar-refractivity contribution is 7.90. The fourth-order valence-electron chi connectivity index (χ4n) is 2.52. The van der Waals surface area contributed by atoms with E-state index in [0.717, 1.165) is 5.69 Å². The molecule has 1 aromatic carbocycles. The molecule has 1 aromatic rings. The van der Waals surface area contributed by atoms with E-state index in [9.17, 15) is 13.2 Å². The summed E-state index contributed by atoms with van der Waals surface area (Å²) in [5.41, 5.74) is 0.864. The zero-order valence-electron chi connectivity index (χ0n) is 10.9. The molecule has 1 fully saturated rings. The number of rotatable bonds is 3. The van der Waals surface area contributed by atoms with Gasteiger partial charge in [0.1, 0.15) is 0 Å². The molecule has 2 rings (SSSR count). The van der Waals surface area contributed by atoms with E-state index >= 15 is 0 Å². The first kappa shape index (κ1) is 13.9. The van der Waals surface area contributed by atoms with Crippen LogP contribution in [0.1, 0.15) is 13.3 Å². The molecular formula is C13H17NO4S. The van der Waals surface area contributed by atoms with Gasteiger partial charge in [-0.05, 0) is 37.6 Å². The van der Waals surface area contributed by atoms with Crippen molar-refractivity contribution in [1.29, 1.82) is 0 Å². The molecule has 104 valence electrons. The molecule has 19 heavy (non-hydrogen) atoms. The highest BCUT2D eigenvalue weighted by Crippen LogP contribution is 2.30. The van der Waals surface area contributed by atoms with E-state index in [-0.39, 0.29) is 16.9 Å². The largest absolute Gasteiger partial charge is 0.481 e. The summed E-state index contributed by atoms with van der Waals surface area (Å²) >= 11 is 0. The first-order chi connectivity index (χ1) is 8.80. The summed E-state index contributed by atoms with van der Waals surface area (Å²) < 4.78 is 22.8. The molecule has 5 nitrogen and oxygen atoms in total. The first-order valence-electron chi connectivity index (χ1n) is 6.10. The van der Waals surface area contributed by atoms with Gasteiger partial charge >= 0.3 is 5.97 Å². The lowest BCUT2D eigenvalue weighted by molar-refractivity contribution is -0.141. The van der Waals surface area contributed by atoms with Crippen LogP contribution in [0.3, 0.4) is 0 Å². The lowest BCUT2D eigenvalue weighted by Gasteiger charge is -2.25. The number of hydrogen-bond donors (Lipinski definition) is 1. The summed E-state index contributed by atoms with van der Waals surface area (Å²) in [5, 5.41) is 9.09. The van der Waals surface area contributed by atoms with Crippen LogP contribution in [0.2, 0.25) is 0 Å². The van der Waals surface area contributed by atoms with Crippen molar-refractivity contribution in [1.82, 2.24) is 0 Å². The summed E-state index contributed by atoms with van der Waals surface area (Å²) in [7, 11) is -3.19. The van der Waals surface area contributed by atoms with Crippen LogP contribution in [0, 0.1) is 5.92 Å². The second-order valence-electron chi connectivity index (χ2n) is 4.93. The van der Waals surface area contributed by atoms with Gasteiger partial charge in [0.2, 0.25) is 0 Å². The number of carbonyl (C=O) groups is 1. The third-order valence-electron chi connectivity index (χ3n) is 3.67. The van der Waals surface area contributed by atoms with Crippen molar-refractivity contribution in [2.45, 2.75) is 24.3 Å². The van der Waals surface area contributed by atoms with Crippen LogP contribution in [-0.2, 0) is 14.6 Å². The molecule has 0 bridgehead atoms. The Kier molecular flexibility index (Phi) is 3.54. The minimum atomic E-state index is -3.19. The van der Waals surface area contributed by atoms with Gasteiger partial charge in [0, 0.05) is 24.5 Å². The normalized spacial score (nSPS) is 23.6. The maximum Gasteiger partial charge on any atom is 0.308 e. The molecule has 0 saturated carbocycles. The Bertz CT molecular complexity index is 579. The molecule has 1 heterocycles. The lowest BCUT2D eigenvalue weighted by atomic mass is 10.0. The van der Waals surface area contributed by atoms with Crippen molar-refractivity contribution in [2.75, 3.05) is 17.7 Å². The van der Waals surface area contributed by atoms with Gasteiger partial charge in [-0.1, -0.05) is 0 Å². The number of aliphatic carboxylic acids is 1. The standard InChI is InChI=1S/C13H17NO4S/c1-9-12(13(15)16)7-8-14(9)10-3-5-11(6-4-10)19(2,17)18/h3-6,9,12H,7-8H2,1-2H3,(H,15,16). The van der Waals surface area contributed by atoms with Gasteiger partial charge in [0.05, 0.1) is 10.8 Å². The van der Waals surface area contributed by atoms with E-state index < -0.39 is 15.8 Å². The molecule has 6 heteroatoms. The van der Waals surface area contributed by atoms with E-state index in [0.29, 0.717) is 13.0 Å². The van der Waals surface area contributed by atoms with Crippen LogP contribution in [0.5, 0.6) is 0 Å². The summed E-state index contributed by atoms with van der Waals surface area (Å²) in [6.07, 6.45) is 1.78. The highest BCUT2D eigenvalue weighted by Gasteiger charge is 2.35. The molecule has 2 atom stereocenters. The van der Waals surface area contributed by atoms with Crippen LogP contribution < -0.4 is 4.90 Å². The molecular weight excluding hydrogens is 266 g/mol. The van der Waals surface area contributed by atoms with E-state index in [1.807, 2.05) is 11.8 Å². The molecule has 0 aromatic heterocycles. The van der Waals surface area contributed by atoms with Gasteiger partial charge < -0.3 is 10.0 Å². The van der Waals surface area contributed by atoms with E-state index in [1.165, 1.54) is 6.26 Å². The third kappa shape index (κ3) is 2.73. The topological polar surface area (TPSA) is 74.7 Å². The second-order valence-corrected chi connectivity index (χ2v) is 6.95. The number of anilines is 1. The summed E-state index contributed by atoms with van der Waals surface area (Å²) in [4.78, 5) is 13.3. The molecule has 0 amide bonds. The first-order valence-corrected chi connectivity index (χ1v) is 7.99. The van der Waals surface area contributed by atoms with Crippen LogP contribution >= 0.6 is 0 Å². The fourth-order valence-corrected chi connectivity index (χ4v) is 3.15. The van der Waals surface area contributed by atoms with Gasteiger partial charge in [0.25, 0.3) is 0 Å². The Labute approximate surface area is 112 Å². The number of hydrogen-bond acceptors (Lipinski definition) is 4. The van der Waals surface area contributed by atoms with Crippen LogP contribution in [0.15, 0.2) is 29.2 Å². The van der Waals surface area contributed by atoms with Crippen molar-refractivity contribution in [3.63, 3.8) is 0 Å². The zero-order valence-corrected chi connectivity index (χ0v) is 11.7. The van der Waals surface area contributed by atoms with E-state index in [4.69, 9.17) is 5.11 Å². The SMILES string of the molecule is CC1C(C(=O)O)CCN1c1ccc(S(C)(=O)=O)cc1. The van der Waals surface area contributed by atoms with Crippen LogP contribution in [-0.4, -0.2) is 38.3 Å². The Hall–Kier alpha value is -1.56. The quantitative estimate of drug-likeness (QED) is 0.907. The highest BCUT2D eigenvalue weighted by atomic mass is 32.2. The summed E-state index contributed by atoms with van der Waals surface area (Å²) in [6.45, 7) is 2.56. The summed E-state index contributed by atoms with van der Waals surface area (Å²) in [5.74, 6) is -1.14. The number of carboxylic acid groups (broad SMARTS) is 1. The maximum absolute atomic E-state index is 11.4. The minimum absolute atomic E-state index is 0.0819. The fraction of sp³-hybridized carbons (Fsp3) is 0.462. The molecule has 1 saturated heterocycles. The number of nitrogens with zero attached hydrogens (tertiary/aromatic N) is 1. The van der Waals surface area contributed by atoms with Gasteiger partial charge in [-0.25, -0.2) is 8.42 Å². The molecule has 1 aliphatic rings. The average Bonchev–Trinajstić information content (AvgIpc) is 2.70. The van der Waals surface area contributed by atoms with Gasteiger partial charge in [-0.3, -0.25) is 4.79 Å². The minimum Gasteiger partial charge on any atom is -0.481 e. The number of carboxylic acids is 1. The summed E-state index contributed by atoms with van der Waals surface area (Å²) in [6, 6.07) is 6.51. The Morgan fingerprint density at radius 1 is 1.32 bits per heavy atom. The van der Waals surface area contributed by atoms with E-state index in [2.05, 4.69) is 0 Å². The smallest absolute Gasteiger partial charge is 0.308 e. The Balaban J connectivity index is 2.22. The van der Waals surface area contributed by atoms with Gasteiger partial charge in [-0.15, -0.1) is 0 Å². The van der Waals surface area contributed by atoms with Crippen molar-refractivity contribution in [3.8, 4) is 0 Å². The van der Waals surface area contributed by atoms with Crippen molar-refractivity contribution in [2.24, 2.45) is 5.92 Å². The van der Waals surface area contributed by atoms with E-state index in [1.54, 1.807) is 24.3 Å². The lowest BCUT2D eigenvalue weighted by Crippen LogP contribution is -2.32. The average molecular weight is 283 g/mol. The predicted octanol–water partition coefficient (Wildman–Crippen LogP) is 1.39. The monoisotopic (exact) mass is 283 g/mol. The van der Waals surface area contributed by atoms with Crippen molar-refractivity contribution >= 4 is 21.5 Å². The van der Waals surface area contributed by atoms with Crippen molar-refractivity contribution in [3.05, 3.63) is 24.3 Å². The predicted molar refractivity (Wildman–Crippen MR) is 72.1 cm³/mol.